The van der Waals surface area contributed by atoms with Crippen LogP contribution in [-0.2, 0) is 9.59 Å². The first kappa shape index (κ1) is 19.9. The quantitative estimate of drug-likeness (QED) is 0.653. The predicted molar refractivity (Wildman–Crippen MR) is 118 cm³/mol. The van der Waals surface area contributed by atoms with Crippen molar-refractivity contribution in [2.45, 2.75) is 31.6 Å². The zero-order chi connectivity index (χ0) is 22.1. The molecule has 0 radical (unpaired) electrons. The van der Waals surface area contributed by atoms with Crippen molar-refractivity contribution in [2.75, 3.05) is 5.32 Å². The molecule has 2 aliphatic rings. The van der Waals surface area contributed by atoms with Gasteiger partial charge >= 0.3 is 0 Å². The first-order valence-electron chi connectivity index (χ1n) is 10.5. The molecule has 1 aliphatic carbocycles. The van der Waals surface area contributed by atoms with Gasteiger partial charge in [-0.25, -0.2) is 4.98 Å². The highest BCUT2D eigenvalue weighted by atomic mass is 16.3. The molecule has 1 amide bonds. The fraction of sp³-hybridized carbons (Fsp3) is 0.200. The van der Waals surface area contributed by atoms with Gasteiger partial charge in [0.1, 0.15) is 11.6 Å². The van der Waals surface area contributed by atoms with Crippen LogP contribution < -0.4 is 10.6 Å². The molecule has 0 aromatic carbocycles. The van der Waals surface area contributed by atoms with Gasteiger partial charge in [0.2, 0.25) is 0 Å². The van der Waals surface area contributed by atoms with Gasteiger partial charge in [0, 0.05) is 47.3 Å². The summed E-state index contributed by atoms with van der Waals surface area (Å²) in [6, 6.07) is 14.6. The molecule has 4 heterocycles. The van der Waals surface area contributed by atoms with Crippen LogP contribution in [-0.4, -0.2) is 21.7 Å². The van der Waals surface area contributed by atoms with Gasteiger partial charge in [-0.1, -0.05) is 12.1 Å². The summed E-state index contributed by atoms with van der Waals surface area (Å²) in [6.07, 6.45) is 5.88. The minimum Gasteiger partial charge on any atom is -0.469 e. The van der Waals surface area contributed by atoms with Crippen molar-refractivity contribution in [3.63, 3.8) is 0 Å². The van der Waals surface area contributed by atoms with E-state index in [0.29, 0.717) is 41.2 Å². The third-order valence-electron chi connectivity index (χ3n) is 5.91. The molecular formula is C25H22N4O3. The third-order valence-corrected chi connectivity index (χ3v) is 5.91. The standard InChI is InChI=1S/C25H22N4O3/c1-15-22(25(31)29-21-9-3-5-11-27-21)24(17-7-2-4-10-26-17)23-18(28-15)13-16(14-19(23)30)20-8-6-12-32-20/h2-12,16,24,28H,13-14H2,1H3,(H,27,29,31)/t16-,24-/m0/s1. The summed E-state index contributed by atoms with van der Waals surface area (Å²) in [4.78, 5) is 35.5. The number of pyridine rings is 2. The molecular weight excluding hydrogens is 404 g/mol. The highest BCUT2D eigenvalue weighted by Crippen LogP contribution is 2.45. The molecule has 7 heteroatoms. The topological polar surface area (TPSA) is 97.1 Å². The van der Waals surface area contributed by atoms with E-state index in [1.165, 1.54) is 0 Å². The maximum absolute atomic E-state index is 13.4. The SMILES string of the molecule is CC1=C(C(=O)Nc2ccccn2)[C@H](c2ccccn2)C2=C(C[C@H](c3ccco3)CC2=O)N1. The fourth-order valence-corrected chi connectivity index (χ4v) is 4.53. The van der Waals surface area contributed by atoms with E-state index < -0.39 is 5.92 Å². The minimum absolute atomic E-state index is 0.00793. The van der Waals surface area contributed by atoms with Crippen molar-refractivity contribution in [1.82, 2.24) is 15.3 Å². The van der Waals surface area contributed by atoms with Crippen LogP contribution in [0.3, 0.4) is 0 Å². The number of nitrogens with one attached hydrogen (secondary N) is 2. The summed E-state index contributed by atoms with van der Waals surface area (Å²) < 4.78 is 5.57. The second kappa shape index (κ2) is 8.26. The van der Waals surface area contributed by atoms with Crippen LogP contribution in [0.5, 0.6) is 0 Å². The maximum Gasteiger partial charge on any atom is 0.255 e. The van der Waals surface area contributed by atoms with Crippen LogP contribution in [0.2, 0.25) is 0 Å². The Morgan fingerprint density at radius 2 is 1.88 bits per heavy atom. The number of anilines is 1. The van der Waals surface area contributed by atoms with E-state index >= 15 is 0 Å². The Morgan fingerprint density at radius 1 is 1.06 bits per heavy atom. The Balaban J connectivity index is 1.56. The van der Waals surface area contributed by atoms with Gasteiger partial charge in [-0.2, -0.15) is 0 Å². The lowest BCUT2D eigenvalue weighted by Crippen LogP contribution is -2.37. The molecule has 7 nitrogen and oxygen atoms in total. The summed E-state index contributed by atoms with van der Waals surface area (Å²) in [5.41, 5.74) is 3.25. The molecule has 1 aliphatic heterocycles. The fourth-order valence-electron chi connectivity index (χ4n) is 4.53. The molecule has 32 heavy (non-hydrogen) atoms. The van der Waals surface area contributed by atoms with Gasteiger partial charge in [-0.15, -0.1) is 0 Å². The third kappa shape index (κ3) is 3.62. The van der Waals surface area contributed by atoms with Crippen molar-refractivity contribution in [3.8, 4) is 0 Å². The van der Waals surface area contributed by atoms with E-state index in [4.69, 9.17) is 4.42 Å². The number of dihydropyridines is 1. The zero-order valence-corrected chi connectivity index (χ0v) is 17.5. The monoisotopic (exact) mass is 426 g/mol. The summed E-state index contributed by atoms with van der Waals surface area (Å²) in [5.74, 6) is 0.334. The van der Waals surface area contributed by atoms with Gasteiger partial charge < -0.3 is 15.1 Å². The Kier molecular flexibility index (Phi) is 5.15. The second-order valence-electron chi connectivity index (χ2n) is 7.96. The number of carbonyl (C=O) groups excluding carboxylic acids is 2. The minimum atomic E-state index is -0.554. The number of amides is 1. The maximum atomic E-state index is 13.4. The second-order valence-corrected chi connectivity index (χ2v) is 7.96. The molecule has 2 atom stereocenters. The first-order chi connectivity index (χ1) is 15.6. The van der Waals surface area contributed by atoms with Crippen LogP contribution >= 0.6 is 0 Å². The van der Waals surface area contributed by atoms with E-state index in [1.54, 1.807) is 36.9 Å². The molecule has 5 rings (SSSR count). The predicted octanol–water partition coefficient (Wildman–Crippen LogP) is 4.07. The number of hydrogen-bond donors (Lipinski definition) is 2. The average Bonchev–Trinajstić information content (AvgIpc) is 3.34. The molecule has 0 saturated carbocycles. The number of furan rings is 1. The van der Waals surface area contributed by atoms with Crippen LogP contribution in [0.15, 0.2) is 94.1 Å². The van der Waals surface area contributed by atoms with Crippen LogP contribution in [0.25, 0.3) is 0 Å². The smallest absolute Gasteiger partial charge is 0.255 e. The number of nitrogens with zero attached hydrogens (tertiary/aromatic N) is 2. The van der Waals surface area contributed by atoms with E-state index in [1.807, 2.05) is 37.3 Å². The van der Waals surface area contributed by atoms with Crippen molar-refractivity contribution < 1.29 is 14.0 Å². The molecule has 3 aromatic heterocycles. The Bertz CT molecular complexity index is 1210. The van der Waals surface area contributed by atoms with Crippen molar-refractivity contribution in [1.29, 1.82) is 0 Å². The number of rotatable bonds is 4. The summed E-state index contributed by atoms with van der Waals surface area (Å²) in [7, 11) is 0. The van der Waals surface area contributed by atoms with E-state index in [-0.39, 0.29) is 17.6 Å². The lowest BCUT2D eigenvalue weighted by molar-refractivity contribution is -0.116. The van der Waals surface area contributed by atoms with Gasteiger partial charge in [0.15, 0.2) is 5.78 Å². The average molecular weight is 426 g/mol. The molecule has 3 aromatic rings. The molecule has 0 unspecified atom stereocenters. The molecule has 0 fully saturated rings. The summed E-state index contributed by atoms with van der Waals surface area (Å²) >= 11 is 0. The molecule has 160 valence electrons. The number of allylic oxidation sites excluding steroid dienone is 3. The van der Waals surface area contributed by atoms with Gasteiger partial charge in [0.05, 0.1) is 17.9 Å². The van der Waals surface area contributed by atoms with Crippen LogP contribution in [0.4, 0.5) is 5.82 Å². The van der Waals surface area contributed by atoms with Crippen LogP contribution in [0.1, 0.15) is 43.1 Å². The first-order valence-corrected chi connectivity index (χ1v) is 10.5. The largest absolute Gasteiger partial charge is 0.469 e. The van der Waals surface area contributed by atoms with E-state index in [2.05, 4.69) is 20.6 Å². The van der Waals surface area contributed by atoms with Crippen molar-refractivity contribution in [3.05, 3.63) is 101 Å². The number of aromatic nitrogens is 2. The van der Waals surface area contributed by atoms with Crippen molar-refractivity contribution >= 4 is 17.5 Å². The van der Waals surface area contributed by atoms with E-state index in [0.717, 1.165) is 11.5 Å². The normalized spacial score (nSPS) is 20.6. The highest BCUT2D eigenvalue weighted by Gasteiger charge is 2.42. The number of carbonyl (C=O) groups is 2. The van der Waals surface area contributed by atoms with Crippen LogP contribution in [0, 0.1) is 0 Å². The Labute approximate surface area is 185 Å². The van der Waals surface area contributed by atoms with Gasteiger partial charge in [-0.05, 0) is 49.7 Å². The molecule has 0 saturated heterocycles. The molecule has 2 N–H and O–H groups in total. The van der Waals surface area contributed by atoms with Gasteiger partial charge in [0.25, 0.3) is 5.91 Å². The molecule has 0 bridgehead atoms. The Hall–Kier alpha value is -4.00. The number of ketones is 1. The van der Waals surface area contributed by atoms with Gasteiger partial charge in [-0.3, -0.25) is 14.6 Å². The van der Waals surface area contributed by atoms with E-state index in [9.17, 15) is 9.59 Å². The lowest BCUT2D eigenvalue weighted by atomic mass is 9.73. The summed E-state index contributed by atoms with van der Waals surface area (Å²) in [5, 5.41) is 6.20. The number of hydrogen-bond acceptors (Lipinski definition) is 6. The summed E-state index contributed by atoms with van der Waals surface area (Å²) in [6.45, 7) is 1.86. The lowest BCUT2D eigenvalue weighted by Gasteiger charge is -2.36. The van der Waals surface area contributed by atoms with Crippen molar-refractivity contribution in [2.24, 2.45) is 0 Å². The Morgan fingerprint density at radius 3 is 2.56 bits per heavy atom. The highest BCUT2D eigenvalue weighted by molar-refractivity contribution is 6.09. The molecule has 0 spiro atoms. The zero-order valence-electron chi connectivity index (χ0n) is 17.5. The number of Topliss-reactive ketones (excluding diaryl/α,β-unsaturated/α-hetero) is 1.